The van der Waals surface area contributed by atoms with E-state index in [0.29, 0.717) is 19.6 Å². The smallest absolute Gasteiger partial charge is 0.240 e. The van der Waals surface area contributed by atoms with E-state index < -0.39 is 6.04 Å². The summed E-state index contributed by atoms with van der Waals surface area (Å²) in [6, 6.07) is -0.454. The molecule has 17 heavy (non-hydrogen) atoms. The van der Waals surface area contributed by atoms with Crippen molar-refractivity contribution in [2.75, 3.05) is 20.3 Å². The maximum absolute atomic E-state index is 12.2. The minimum Gasteiger partial charge on any atom is -0.385 e. The molecule has 0 rings (SSSR count). The first-order chi connectivity index (χ1) is 7.84. The van der Waals surface area contributed by atoms with Crippen molar-refractivity contribution in [3.63, 3.8) is 0 Å². The van der Waals surface area contributed by atoms with Crippen molar-refractivity contribution in [2.24, 2.45) is 5.73 Å². The van der Waals surface area contributed by atoms with Crippen molar-refractivity contribution < 1.29 is 9.53 Å². The van der Waals surface area contributed by atoms with Gasteiger partial charge in [0, 0.05) is 25.8 Å². The van der Waals surface area contributed by atoms with Crippen LogP contribution in [0.25, 0.3) is 0 Å². The van der Waals surface area contributed by atoms with E-state index in [-0.39, 0.29) is 11.4 Å². The fourth-order valence-electron chi connectivity index (χ4n) is 1.59. The molecule has 0 aromatic heterocycles. The van der Waals surface area contributed by atoms with Crippen LogP contribution in [0, 0.1) is 0 Å². The third kappa shape index (κ3) is 5.84. The normalized spacial score (nSPS) is 13.2. The maximum atomic E-state index is 12.2. The summed E-state index contributed by atoms with van der Waals surface area (Å²) in [5, 5.41) is 0. The Kier molecular flexibility index (Phi) is 7.07. The molecular weight excluding hydrogens is 216 g/mol. The summed E-state index contributed by atoms with van der Waals surface area (Å²) in [7, 11) is 1.65. The number of carbonyl (C=O) groups is 1. The van der Waals surface area contributed by atoms with E-state index in [0.717, 1.165) is 6.42 Å². The van der Waals surface area contributed by atoms with Gasteiger partial charge in [0.2, 0.25) is 5.91 Å². The number of rotatable bonds is 7. The summed E-state index contributed by atoms with van der Waals surface area (Å²) in [4.78, 5) is 13.9. The molecule has 0 aliphatic carbocycles. The van der Waals surface area contributed by atoms with Gasteiger partial charge in [-0.05, 0) is 33.6 Å². The number of nitrogens with two attached hydrogens (primary N) is 1. The van der Waals surface area contributed by atoms with Crippen LogP contribution in [0.15, 0.2) is 12.7 Å². The molecule has 100 valence electrons. The predicted molar refractivity (Wildman–Crippen MR) is 70.7 cm³/mol. The van der Waals surface area contributed by atoms with Gasteiger partial charge in [-0.15, -0.1) is 6.58 Å². The Bertz CT molecular complexity index is 246. The van der Waals surface area contributed by atoms with Gasteiger partial charge in [0.1, 0.15) is 0 Å². The Balaban J connectivity index is 4.45. The molecule has 1 amide bonds. The highest BCUT2D eigenvalue weighted by Crippen LogP contribution is 2.15. The topological polar surface area (TPSA) is 55.6 Å². The molecule has 2 N–H and O–H groups in total. The van der Waals surface area contributed by atoms with Crippen LogP contribution in [-0.4, -0.2) is 42.6 Å². The highest BCUT2D eigenvalue weighted by molar-refractivity contribution is 5.82. The van der Waals surface area contributed by atoms with Gasteiger partial charge in [-0.1, -0.05) is 6.08 Å². The van der Waals surface area contributed by atoms with Gasteiger partial charge in [0.25, 0.3) is 0 Å². The van der Waals surface area contributed by atoms with E-state index >= 15 is 0 Å². The van der Waals surface area contributed by atoms with Crippen molar-refractivity contribution in [1.82, 2.24) is 4.90 Å². The highest BCUT2D eigenvalue weighted by atomic mass is 16.5. The Morgan fingerprint density at radius 3 is 2.53 bits per heavy atom. The van der Waals surface area contributed by atoms with Crippen LogP contribution in [0.2, 0.25) is 0 Å². The van der Waals surface area contributed by atoms with Crippen molar-refractivity contribution >= 4 is 5.91 Å². The second-order valence-electron chi connectivity index (χ2n) is 5.15. The maximum Gasteiger partial charge on any atom is 0.240 e. The molecule has 0 aromatic carbocycles. The lowest BCUT2D eigenvalue weighted by molar-refractivity contribution is -0.136. The van der Waals surface area contributed by atoms with Crippen molar-refractivity contribution in [3.8, 4) is 0 Å². The van der Waals surface area contributed by atoms with Gasteiger partial charge in [-0.25, -0.2) is 0 Å². The van der Waals surface area contributed by atoms with Gasteiger partial charge in [0.15, 0.2) is 0 Å². The minimum absolute atomic E-state index is 0.0199. The van der Waals surface area contributed by atoms with Gasteiger partial charge < -0.3 is 15.4 Å². The molecule has 4 heteroatoms. The molecule has 0 spiro atoms. The standard InChI is InChI=1S/C13H26N2O2/c1-6-9-15(13(2,3)4)12(16)11(14)8-7-10-17-5/h6,11H,1,7-10,14H2,2-5H3. The molecule has 1 atom stereocenters. The minimum atomic E-state index is -0.454. The predicted octanol–water partition coefficient (Wildman–Crippen LogP) is 1.55. The lowest BCUT2D eigenvalue weighted by Gasteiger charge is -2.36. The number of methoxy groups -OCH3 is 1. The summed E-state index contributed by atoms with van der Waals surface area (Å²) in [5.41, 5.74) is 5.67. The molecule has 0 radical (unpaired) electrons. The Morgan fingerprint density at radius 1 is 1.53 bits per heavy atom. The SMILES string of the molecule is C=CCN(C(=O)C(N)CCCOC)C(C)(C)C. The van der Waals surface area contributed by atoms with E-state index in [4.69, 9.17) is 10.5 Å². The Labute approximate surface area is 105 Å². The van der Waals surface area contributed by atoms with Crippen molar-refractivity contribution in [1.29, 1.82) is 0 Å². The van der Waals surface area contributed by atoms with Crippen LogP contribution in [0.1, 0.15) is 33.6 Å². The molecule has 0 aliphatic heterocycles. The summed E-state index contributed by atoms with van der Waals surface area (Å²) < 4.78 is 4.95. The van der Waals surface area contributed by atoms with E-state index in [9.17, 15) is 4.79 Å². The second kappa shape index (κ2) is 7.45. The summed E-state index contributed by atoms with van der Waals surface area (Å²) in [6.07, 6.45) is 3.18. The monoisotopic (exact) mass is 242 g/mol. The van der Waals surface area contributed by atoms with Crippen LogP contribution in [0.5, 0.6) is 0 Å². The molecule has 0 fully saturated rings. The first kappa shape index (κ1) is 16.1. The first-order valence-corrected chi connectivity index (χ1v) is 6.01. The van der Waals surface area contributed by atoms with Gasteiger partial charge >= 0.3 is 0 Å². The number of amides is 1. The van der Waals surface area contributed by atoms with Crippen LogP contribution in [0.3, 0.4) is 0 Å². The molecule has 0 bridgehead atoms. The quantitative estimate of drug-likeness (QED) is 0.544. The number of carbonyl (C=O) groups excluding carboxylic acids is 1. The number of ether oxygens (including phenoxy) is 1. The fourth-order valence-corrected chi connectivity index (χ4v) is 1.59. The second-order valence-corrected chi connectivity index (χ2v) is 5.15. The molecule has 0 saturated heterocycles. The van der Waals surface area contributed by atoms with Gasteiger partial charge in [0.05, 0.1) is 6.04 Å². The average Bonchev–Trinajstić information content (AvgIpc) is 2.23. The third-order valence-corrected chi connectivity index (χ3v) is 2.57. The fraction of sp³-hybridized carbons (Fsp3) is 0.769. The summed E-state index contributed by atoms with van der Waals surface area (Å²) in [6.45, 7) is 10.8. The zero-order chi connectivity index (χ0) is 13.5. The molecule has 4 nitrogen and oxygen atoms in total. The Morgan fingerprint density at radius 2 is 2.12 bits per heavy atom. The number of nitrogens with zero attached hydrogens (tertiary/aromatic N) is 1. The van der Waals surface area contributed by atoms with Crippen molar-refractivity contribution in [2.45, 2.75) is 45.2 Å². The van der Waals surface area contributed by atoms with Gasteiger partial charge in [-0.2, -0.15) is 0 Å². The summed E-state index contributed by atoms with van der Waals surface area (Å²) in [5.74, 6) is -0.0199. The van der Waals surface area contributed by atoms with Crippen LogP contribution >= 0.6 is 0 Å². The van der Waals surface area contributed by atoms with Crippen LogP contribution < -0.4 is 5.73 Å². The Hall–Kier alpha value is -0.870. The van der Waals surface area contributed by atoms with Crippen LogP contribution in [-0.2, 0) is 9.53 Å². The molecule has 1 unspecified atom stereocenters. The van der Waals surface area contributed by atoms with E-state index in [2.05, 4.69) is 6.58 Å². The zero-order valence-electron chi connectivity index (χ0n) is 11.5. The lowest BCUT2D eigenvalue weighted by Crippen LogP contribution is -2.52. The first-order valence-electron chi connectivity index (χ1n) is 6.01. The molecular formula is C13H26N2O2. The van der Waals surface area contributed by atoms with Crippen LogP contribution in [0.4, 0.5) is 0 Å². The lowest BCUT2D eigenvalue weighted by atomic mass is 10.0. The number of hydrogen-bond donors (Lipinski definition) is 1. The average molecular weight is 242 g/mol. The highest BCUT2D eigenvalue weighted by Gasteiger charge is 2.28. The zero-order valence-corrected chi connectivity index (χ0v) is 11.5. The van der Waals surface area contributed by atoms with E-state index in [1.165, 1.54) is 0 Å². The van der Waals surface area contributed by atoms with Gasteiger partial charge in [-0.3, -0.25) is 4.79 Å². The van der Waals surface area contributed by atoms with E-state index in [1.54, 1.807) is 18.1 Å². The third-order valence-electron chi connectivity index (χ3n) is 2.57. The molecule has 0 aromatic rings. The van der Waals surface area contributed by atoms with Crippen molar-refractivity contribution in [3.05, 3.63) is 12.7 Å². The summed E-state index contributed by atoms with van der Waals surface area (Å²) >= 11 is 0. The largest absolute Gasteiger partial charge is 0.385 e. The molecule has 0 saturated carbocycles. The molecule has 0 aliphatic rings. The number of hydrogen-bond acceptors (Lipinski definition) is 3. The van der Waals surface area contributed by atoms with E-state index in [1.807, 2.05) is 20.8 Å². The molecule has 0 heterocycles.